The molecule has 0 spiro atoms. The highest BCUT2D eigenvalue weighted by atomic mass is 32.2. The van der Waals surface area contributed by atoms with Crippen molar-refractivity contribution in [2.24, 2.45) is 4.99 Å². The van der Waals surface area contributed by atoms with E-state index in [4.69, 9.17) is 14.2 Å². The second kappa shape index (κ2) is 12.3. The smallest absolute Gasteiger partial charge is 0.170 e. The molecule has 1 unspecified atom stereocenters. The molecule has 1 fully saturated rings. The Labute approximate surface area is 208 Å². The van der Waals surface area contributed by atoms with E-state index in [1.807, 2.05) is 0 Å². The van der Waals surface area contributed by atoms with Crippen LogP contribution in [0.5, 0.6) is 23.0 Å². The van der Waals surface area contributed by atoms with E-state index in [1.165, 1.54) is 44.2 Å². The summed E-state index contributed by atoms with van der Waals surface area (Å²) in [6, 6.07) is 9.76. The van der Waals surface area contributed by atoms with Gasteiger partial charge in [-0.25, -0.2) is 0 Å². The normalized spacial score (nSPS) is 18.8. The Morgan fingerprint density at radius 2 is 1.77 bits per heavy atom. The van der Waals surface area contributed by atoms with Gasteiger partial charge in [0.05, 0.1) is 19.8 Å². The van der Waals surface area contributed by atoms with Gasteiger partial charge >= 0.3 is 0 Å². The molecule has 186 valence electrons. The molecule has 0 bridgehead atoms. The van der Waals surface area contributed by atoms with Gasteiger partial charge in [-0.1, -0.05) is 30.0 Å². The summed E-state index contributed by atoms with van der Waals surface area (Å²) in [6.07, 6.45) is 3.88. The summed E-state index contributed by atoms with van der Waals surface area (Å²) in [5.41, 5.74) is 1.65. The third kappa shape index (κ3) is 6.58. The topological polar surface area (TPSA) is 118 Å². The number of aliphatic imine (C=N–C) groups is 1. The van der Waals surface area contributed by atoms with Crippen molar-refractivity contribution in [2.45, 2.75) is 18.1 Å². The zero-order valence-electron chi connectivity index (χ0n) is 19.9. The van der Waals surface area contributed by atoms with Gasteiger partial charge in [0.15, 0.2) is 28.8 Å². The molecule has 3 rings (SSSR count). The summed E-state index contributed by atoms with van der Waals surface area (Å²) in [5.74, 6) is 0.222. The minimum absolute atomic E-state index is 0.00784. The number of nitrogens with zero attached hydrogens (tertiary/aromatic N) is 1. The van der Waals surface area contributed by atoms with Gasteiger partial charge in [-0.15, -0.1) is 0 Å². The number of phenols is 2. The number of ether oxygens (including phenoxy) is 3. The van der Waals surface area contributed by atoms with Crippen molar-refractivity contribution in [2.75, 3.05) is 34.5 Å². The number of hydrogen-bond acceptors (Lipinski definition) is 9. The second-order valence-corrected chi connectivity index (χ2v) is 8.91. The summed E-state index contributed by atoms with van der Waals surface area (Å²) in [7, 11) is 4.53. The SMILES string of the molecule is COCCCN=C1SC(c2ccc(O)c(OC)c2)CC(=O)C1=C(O)/C=C/c1ccc(O)c(OC)c1. The van der Waals surface area contributed by atoms with Crippen molar-refractivity contribution in [1.82, 2.24) is 0 Å². The molecule has 1 aliphatic heterocycles. The number of benzene rings is 2. The van der Waals surface area contributed by atoms with Crippen molar-refractivity contribution >= 4 is 28.7 Å². The lowest BCUT2D eigenvalue weighted by atomic mass is 10.00. The molecule has 0 amide bonds. The maximum absolute atomic E-state index is 13.2. The van der Waals surface area contributed by atoms with Crippen LogP contribution >= 0.6 is 11.8 Å². The van der Waals surface area contributed by atoms with Crippen LogP contribution in [0.25, 0.3) is 6.08 Å². The van der Waals surface area contributed by atoms with E-state index in [-0.39, 0.29) is 40.3 Å². The molecule has 0 radical (unpaired) electrons. The highest BCUT2D eigenvalue weighted by Gasteiger charge is 2.33. The lowest BCUT2D eigenvalue weighted by molar-refractivity contribution is -0.115. The summed E-state index contributed by atoms with van der Waals surface area (Å²) >= 11 is 1.38. The summed E-state index contributed by atoms with van der Waals surface area (Å²) in [4.78, 5) is 17.8. The fourth-order valence-electron chi connectivity index (χ4n) is 3.52. The van der Waals surface area contributed by atoms with E-state index < -0.39 is 0 Å². The number of thioether (sulfide) groups is 1. The Hall–Kier alpha value is -3.43. The Kier molecular flexibility index (Phi) is 9.22. The molecule has 8 nitrogen and oxygen atoms in total. The summed E-state index contributed by atoms with van der Waals surface area (Å²) in [5, 5.41) is 30.7. The molecule has 0 aliphatic carbocycles. The Morgan fingerprint density at radius 1 is 1.09 bits per heavy atom. The molecule has 9 heteroatoms. The molecule has 2 aromatic carbocycles. The van der Waals surface area contributed by atoms with Gasteiger partial charge in [-0.3, -0.25) is 9.79 Å². The van der Waals surface area contributed by atoms with E-state index in [0.717, 1.165) is 5.56 Å². The van der Waals surface area contributed by atoms with Crippen LogP contribution in [0.15, 0.2) is 58.8 Å². The van der Waals surface area contributed by atoms with Crippen LogP contribution in [-0.4, -0.2) is 60.6 Å². The van der Waals surface area contributed by atoms with Crippen molar-refractivity contribution in [1.29, 1.82) is 0 Å². The number of methoxy groups -OCH3 is 3. The maximum Gasteiger partial charge on any atom is 0.170 e. The zero-order valence-corrected chi connectivity index (χ0v) is 20.7. The van der Waals surface area contributed by atoms with Crippen LogP contribution in [0.3, 0.4) is 0 Å². The quantitative estimate of drug-likeness (QED) is 0.255. The number of carbonyl (C=O) groups excluding carboxylic acids is 1. The number of phenolic OH excluding ortho intramolecular Hbond substituents is 2. The zero-order chi connectivity index (χ0) is 25.4. The van der Waals surface area contributed by atoms with E-state index in [2.05, 4.69) is 4.99 Å². The number of aliphatic hydroxyl groups excluding tert-OH is 1. The van der Waals surface area contributed by atoms with E-state index in [0.29, 0.717) is 41.7 Å². The van der Waals surface area contributed by atoms with Crippen LogP contribution in [-0.2, 0) is 9.53 Å². The molecule has 1 aliphatic rings. The molecular formula is C26H29NO7S. The van der Waals surface area contributed by atoms with E-state index in [1.54, 1.807) is 37.5 Å². The third-order valence-electron chi connectivity index (χ3n) is 5.35. The van der Waals surface area contributed by atoms with Gasteiger partial charge in [-0.2, -0.15) is 0 Å². The standard InChI is InChI=1S/C26H29NO7S/c1-32-12-4-11-27-26-25(20(30)9-6-16-5-8-18(28)22(13-16)33-2)21(31)15-24(35-26)17-7-10-19(29)23(14-17)34-3/h5-10,13-14,24,28-30H,4,11-12,15H2,1-3H3/b9-6+,25-20?,27-26?. The van der Waals surface area contributed by atoms with Crippen LogP contribution in [0.2, 0.25) is 0 Å². The number of aromatic hydroxyl groups is 2. The fraction of sp³-hybridized carbons (Fsp3) is 0.308. The monoisotopic (exact) mass is 499 g/mol. The lowest BCUT2D eigenvalue weighted by Gasteiger charge is -2.25. The molecule has 35 heavy (non-hydrogen) atoms. The number of aliphatic hydroxyl groups is 1. The van der Waals surface area contributed by atoms with Gasteiger partial charge in [0.2, 0.25) is 0 Å². The number of hydrogen-bond donors (Lipinski definition) is 3. The highest BCUT2D eigenvalue weighted by molar-refractivity contribution is 8.14. The molecule has 0 aromatic heterocycles. The molecule has 1 saturated heterocycles. The maximum atomic E-state index is 13.2. The van der Waals surface area contributed by atoms with Crippen molar-refractivity contribution in [3.05, 3.63) is 64.9 Å². The molecule has 2 aromatic rings. The van der Waals surface area contributed by atoms with Crippen LogP contribution in [0, 0.1) is 0 Å². The first-order valence-electron chi connectivity index (χ1n) is 11.0. The minimum atomic E-state index is -0.250. The number of ketones is 1. The predicted octanol–water partition coefficient (Wildman–Crippen LogP) is 4.82. The third-order valence-corrected chi connectivity index (χ3v) is 6.63. The number of Topliss-reactive ketones (excluding diaryl/α,β-unsaturated/α-hetero) is 1. The predicted molar refractivity (Wildman–Crippen MR) is 137 cm³/mol. The first-order chi connectivity index (χ1) is 16.9. The molecule has 1 atom stereocenters. The second-order valence-electron chi connectivity index (χ2n) is 7.72. The first kappa shape index (κ1) is 26.2. The van der Waals surface area contributed by atoms with Gasteiger partial charge in [-0.05, 0) is 47.9 Å². The Morgan fingerprint density at radius 3 is 2.46 bits per heavy atom. The van der Waals surface area contributed by atoms with Crippen molar-refractivity contribution in [3.8, 4) is 23.0 Å². The molecule has 3 N–H and O–H groups in total. The fourth-order valence-corrected chi connectivity index (χ4v) is 4.81. The summed E-state index contributed by atoms with van der Waals surface area (Å²) in [6.45, 7) is 0.965. The molecule has 0 saturated carbocycles. The largest absolute Gasteiger partial charge is 0.507 e. The highest BCUT2D eigenvalue weighted by Crippen LogP contribution is 2.43. The molecule has 1 heterocycles. The van der Waals surface area contributed by atoms with Gasteiger partial charge in [0.25, 0.3) is 0 Å². The number of rotatable bonds is 9. The number of carbonyl (C=O) groups is 1. The van der Waals surface area contributed by atoms with E-state index in [9.17, 15) is 20.1 Å². The van der Waals surface area contributed by atoms with Gasteiger partial charge in [0, 0.05) is 31.9 Å². The van der Waals surface area contributed by atoms with Gasteiger partial charge in [0.1, 0.15) is 10.8 Å². The van der Waals surface area contributed by atoms with E-state index >= 15 is 0 Å². The van der Waals surface area contributed by atoms with Crippen LogP contribution in [0.1, 0.15) is 29.2 Å². The average Bonchev–Trinajstić information content (AvgIpc) is 2.86. The summed E-state index contributed by atoms with van der Waals surface area (Å²) < 4.78 is 15.4. The van der Waals surface area contributed by atoms with Crippen LogP contribution < -0.4 is 9.47 Å². The Balaban J connectivity index is 1.93. The molecular weight excluding hydrogens is 470 g/mol. The first-order valence-corrected chi connectivity index (χ1v) is 11.8. The average molecular weight is 500 g/mol. The van der Waals surface area contributed by atoms with Crippen LogP contribution in [0.4, 0.5) is 0 Å². The number of allylic oxidation sites excluding steroid dienone is 1. The van der Waals surface area contributed by atoms with Crippen molar-refractivity contribution in [3.63, 3.8) is 0 Å². The minimum Gasteiger partial charge on any atom is -0.507 e. The lowest BCUT2D eigenvalue weighted by Crippen LogP contribution is -2.22. The Bertz CT molecular complexity index is 1160. The van der Waals surface area contributed by atoms with Crippen molar-refractivity contribution < 1.29 is 34.3 Å². The van der Waals surface area contributed by atoms with Gasteiger partial charge < -0.3 is 29.5 Å².